The van der Waals surface area contributed by atoms with Gasteiger partial charge in [-0.05, 0) is 44.4 Å². The Morgan fingerprint density at radius 3 is 2.72 bits per heavy atom. The molecule has 0 radical (unpaired) electrons. The number of anilines is 1. The van der Waals surface area contributed by atoms with Crippen molar-refractivity contribution in [3.63, 3.8) is 0 Å². The number of benzene rings is 2. The maximum Gasteiger partial charge on any atom is 0.258 e. The summed E-state index contributed by atoms with van der Waals surface area (Å²) < 4.78 is 19.3. The summed E-state index contributed by atoms with van der Waals surface area (Å²) >= 11 is 0. The largest absolute Gasteiger partial charge is 0.419 e. The Balaban J connectivity index is 1.79. The summed E-state index contributed by atoms with van der Waals surface area (Å²) in [4.78, 5) is 14.1. The number of amides is 1. The second kappa shape index (κ2) is 7.23. The van der Waals surface area contributed by atoms with Crippen LogP contribution in [0.2, 0.25) is 0 Å². The third-order valence-electron chi connectivity index (χ3n) is 3.40. The van der Waals surface area contributed by atoms with E-state index in [1.54, 1.807) is 30.3 Å². The molecule has 0 saturated carbocycles. The van der Waals surface area contributed by atoms with E-state index in [1.165, 1.54) is 18.2 Å². The van der Waals surface area contributed by atoms with Gasteiger partial charge in [0.25, 0.3) is 5.91 Å². The minimum absolute atomic E-state index is 0.0148. The molecule has 3 aromatic rings. The Morgan fingerprint density at radius 2 is 1.96 bits per heavy atom. The number of nitrogens with zero attached hydrogens (tertiary/aromatic N) is 3. The molecule has 0 unspecified atom stereocenters. The van der Waals surface area contributed by atoms with Gasteiger partial charge in [-0.2, -0.15) is 0 Å². The molecule has 0 fully saturated rings. The number of rotatable bonds is 5. The molecular weight excluding hydrogens is 323 g/mol. The van der Waals surface area contributed by atoms with E-state index in [1.807, 2.05) is 19.0 Å². The average Bonchev–Trinajstić information content (AvgIpc) is 3.03. The summed E-state index contributed by atoms with van der Waals surface area (Å²) in [6, 6.07) is 12.8. The van der Waals surface area contributed by atoms with Crippen LogP contribution in [0.1, 0.15) is 16.2 Å². The maximum atomic E-state index is 13.7. The van der Waals surface area contributed by atoms with Crippen molar-refractivity contribution >= 4 is 11.6 Å². The predicted molar refractivity (Wildman–Crippen MR) is 91.5 cm³/mol. The van der Waals surface area contributed by atoms with E-state index < -0.39 is 11.7 Å². The third kappa shape index (κ3) is 4.07. The average molecular weight is 340 g/mol. The van der Waals surface area contributed by atoms with Crippen molar-refractivity contribution in [1.82, 2.24) is 15.1 Å². The Labute approximate surface area is 144 Å². The van der Waals surface area contributed by atoms with Crippen LogP contribution in [0.25, 0.3) is 11.5 Å². The van der Waals surface area contributed by atoms with Crippen molar-refractivity contribution < 1.29 is 13.6 Å². The maximum absolute atomic E-state index is 13.7. The SMILES string of the molecule is CN(C)Cc1nnc(-c2cccc(NC(=O)c3ccccc3F)c2)o1. The lowest BCUT2D eigenvalue weighted by molar-refractivity contribution is 0.102. The molecule has 0 saturated heterocycles. The van der Waals surface area contributed by atoms with Crippen molar-refractivity contribution in [1.29, 1.82) is 0 Å². The van der Waals surface area contributed by atoms with Crippen LogP contribution in [0.5, 0.6) is 0 Å². The second-order valence-corrected chi connectivity index (χ2v) is 5.75. The molecule has 0 bridgehead atoms. The van der Waals surface area contributed by atoms with Crippen LogP contribution >= 0.6 is 0 Å². The van der Waals surface area contributed by atoms with Crippen LogP contribution in [0.3, 0.4) is 0 Å². The van der Waals surface area contributed by atoms with Crippen LogP contribution in [-0.4, -0.2) is 35.1 Å². The topological polar surface area (TPSA) is 71.3 Å². The fourth-order valence-corrected chi connectivity index (χ4v) is 2.28. The molecule has 128 valence electrons. The van der Waals surface area contributed by atoms with E-state index in [0.717, 1.165) is 0 Å². The molecule has 1 heterocycles. The number of nitrogens with one attached hydrogen (secondary N) is 1. The molecule has 2 aromatic carbocycles. The van der Waals surface area contributed by atoms with Crippen molar-refractivity contribution in [3.05, 3.63) is 65.8 Å². The summed E-state index contributed by atoms with van der Waals surface area (Å²) in [6.07, 6.45) is 0. The lowest BCUT2D eigenvalue weighted by atomic mass is 10.1. The number of aromatic nitrogens is 2. The van der Waals surface area contributed by atoms with Crippen molar-refractivity contribution in [2.75, 3.05) is 19.4 Å². The highest BCUT2D eigenvalue weighted by Gasteiger charge is 2.13. The van der Waals surface area contributed by atoms with Crippen molar-refractivity contribution in [3.8, 4) is 11.5 Å². The standard InChI is InChI=1S/C18H17FN4O2/c1-23(2)11-16-21-22-18(25-16)12-6-5-7-13(10-12)20-17(24)14-8-3-4-9-15(14)19/h3-10H,11H2,1-2H3,(H,20,24). The lowest BCUT2D eigenvalue weighted by Gasteiger charge is -2.07. The van der Waals surface area contributed by atoms with Gasteiger partial charge >= 0.3 is 0 Å². The molecule has 1 N–H and O–H groups in total. The van der Waals surface area contributed by atoms with Crippen molar-refractivity contribution in [2.24, 2.45) is 0 Å². The number of halogens is 1. The Kier molecular flexibility index (Phi) is 4.85. The second-order valence-electron chi connectivity index (χ2n) is 5.75. The van der Waals surface area contributed by atoms with Gasteiger partial charge in [0.1, 0.15) is 5.82 Å². The van der Waals surface area contributed by atoms with Crippen LogP contribution < -0.4 is 5.32 Å². The Morgan fingerprint density at radius 1 is 1.16 bits per heavy atom. The summed E-state index contributed by atoms with van der Waals surface area (Å²) in [5.41, 5.74) is 1.17. The molecule has 0 aliphatic rings. The first-order valence-electron chi connectivity index (χ1n) is 7.66. The molecule has 1 amide bonds. The number of hydrogen-bond acceptors (Lipinski definition) is 5. The first-order valence-corrected chi connectivity index (χ1v) is 7.66. The van der Waals surface area contributed by atoms with Gasteiger partial charge in [0.05, 0.1) is 12.1 Å². The quantitative estimate of drug-likeness (QED) is 0.772. The van der Waals surface area contributed by atoms with Gasteiger partial charge in [0.15, 0.2) is 0 Å². The van der Waals surface area contributed by atoms with Gasteiger partial charge in [-0.25, -0.2) is 4.39 Å². The number of carbonyl (C=O) groups is 1. The molecule has 3 rings (SSSR count). The molecule has 6 nitrogen and oxygen atoms in total. The zero-order valence-corrected chi connectivity index (χ0v) is 13.9. The highest BCUT2D eigenvalue weighted by Crippen LogP contribution is 2.22. The zero-order chi connectivity index (χ0) is 17.8. The molecule has 0 aliphatic heterocycles. The first-order chi connectivity index (χ1) is 12.0. The van der Waals surface area contributed by atoms with Gasteiger partial charge in [0.2, 0.25) is 11.8 Å². The third-order valence-corrected chi connectivity index (χ3v) is 3.40. The molecule has 0 aliphatic carbocycles. The van der Waals surface area contributed by atoms with E-state index >= 15 is 0 Å². The monoisotopic (exact) mass is 340 g/mol. The van der Waals surface area contributed by atoms with Gasteiger partial charge < -0.3 is 14.6 Å². The zero-order valence-electron chi connectivity index (χ0n) is 13.9. The van der Waals surface area contributed by atoms with Gasteiger partial charge in [-0.1, -0.05) is 18.2 Å². The summed E-state index contributed by atoms with van der Waals surface area (Å²) in [5.74, 6) is -0.227. The minimum atomic E-state index is -0.568. The highest BCUT2D eigenvalue weighted by atomic mass is 19.1. The van der Waals surface area contributed by atoms with E-state index in [9.17, 15) is 9.18 Å². The van der Waals surface area contributed by atoms with E-state index in [2.05, 4.69) is 15.5 Å². The van der Waals surface area contributed by atoms with E-state index in [4.69, 9.17) is 4.42 Å². The predicted octanol–water partition coefficient (Wildman–Crippen LogP) is 3.19. The Hall–Kier alpha value is -3.06. The molecule has 25 heavy (non-hydrogen) atoms. The summed E-state index contributed by atoms with van der Waals surface area (Å²) in [6.45, 7) is 0.538. The number of hydrogen-bond donors (Lipinski definition) is 1. The van der Waals surface area contributed by atoms with Gasteiger partial charge in [-0.3, -0.25) is 4.79 Å². The molecular formula is C18H17FN4O2. The normalized spacial score (nSPS) is 10.9. The van der Waals surface area contributed by atoms with Gasteiger partial charge in [-0.15, -0.1) is 10.2 Å². The molecule has 7 heteroatoms. The fourth-order valence-electron chi connectivity index (χ4n) is 2.28. The van der Waals surface area contributed by atoms with Crippen LogP contribution in [-0.2, 0) is 6.54 Å². The lowest BCUT2D eigenvalue weighted by Crippen LogP contribution is -2.13. The minimum Gasteiger partial charge on any atom is -0.419 e. The molecule has 0 atom stereocenters. The van der Waals surface area contributed by atoms with E-state index in [0.29, 0.717) is 29.6 Å². The van der Waals surface area contributed by atoms with E-state index in [-0.39, 0.29) is 5.56 Å². The molecule has 0 spiro atoms. The van der Waals surface area contributed by atoms with Gasteiger partial charge in [0, 0.05) is 11.3 Å². The van der Waals surface area contributed by atoms with Crippen LogP contribution in [0, 0.1) is 5.82 Å². The van der Waals surface area contributed by atoms with Crippen molar-refractivity contribution in [2.45, 2.75) is 6.54 Å². The van der Waals surface area contributed by atoms with Crippen LogP contribution in [0.15, 0.2) is 52.9 Å². The fraction of sp³-hybridized carbons (Fsp3) is 0.167. The summed E-state index contributed by atoms with van der Waals surface area (Å²) in [5, 5.41) is 10.7. The number of carbonyl (C=O) groups excluding carboxylic acids is 1. The first kappa shape index (κ1) is 16.8. The molecule has 1 aromatic heterocycles. The summed E-state index contributed by atoms with van der Waals surface area (Å²) in [7, 11) is 3.81. The highest BCUT2D eigenvalue weighted by molar-refractivity contribution is 6.04. The smallest absolute Gasteiger partial charge is 0.258 e. The van der Waals surface area contributed by atoms with Crippen LogP contribution in [0.4, 0.5) is 10.1 Å². The Bertz CT molecular complexity index is 892.